The van der Waals surface area contributed by atoms with Gasteiger partial charge in [-0.05, 0) is 43.9 Å². The number of hydrogen-bond acceptors (Lipinski definition) is 5. The maximum absolute atomic E-state index is 12.3. The average Bonchev–Trinajstić information content (AvgIpc) is 3.20. The van der Waals surface area contributed by atoms with E-state index in [0.717, 1.165) is 18.4 Å². The van der Waals surface area contributed by atoms with Gasteiger partial charge in [0.1, 0.15) is 5.69 Å². The first kappa shape index (κ1) is 17.0. The zero-order valence-corrected chi connectivity index (χ0v) is 14.6. The van der Waals surface area contributed by atoms with Gasteiger partial charge in [0.25, 0.3) is 5.91 Å². The number of nitrogens with one attached hydrogen (secondary N) is 2. The minimum atomic E-state index is -1.17. The summed E-state index contributed by atoms with van der Waals surface area (Å²) in [6, 6.07) is 9.02. The van der Waals surface area contributed by atoms with Gasteiger partial charge in [0.05, 0.1) is 11.9 Å². The van der Waals surface area contributed by atoms with Crippen LogP contribution in [0, 0.1) is 5.92 Å². The standard InChI is InChI=1S/C19H18N4O4/c1-10(11-5-6-11)21-17(24)15-8-14(22-23-15)12-3-2-4-13(7-12)18-20-9-16(27-18)19(25)26/h2-4,7-11H,5-6H2,1H3,(H,21,24)(H,22,23)(H,25,26). The number of benzene rings is 1. The second-order valence-electron chi connectivity index (χ2n) is 6.68. The molecule has 1 atom stereocenters. The topological polar surface area (TPSA) is 121 Å². The van der Waals surface area contributed by atoms with E-state index in [1.165, 1.54) is 6.20 Å². The lowest BCUT2D eigenvalue weighted by Crippen LogP contribution is -2.34. The molecule has 138 valence electrons. The Morgan fingerprint density at radius 3 is 2.78 bits per heavy atom. The molecule has 1 fully saturated rings. The minimum absolute atomic E-state index is 0.154. The van der Waals surface area contributed by atoms with E-state index in [1.807, 2.05) is 13.0 Å². The molecule has 8 nitrogen and oxygen atoms in total. The normalized spacial score (nSPS) is 14.7. The van der Waals surface area contributed by atoms with Gasteiger partial charge < -0.3 is 14.8 Å². The molecule has 3 aromatic rings. The van der Waals surface area contributed by atoms with Crippen LogP contribution in [0.5, 0.6) is 0 Å². The fourth-order valence-corrected chi connectivity index (χ4v) is 2.90. The monoisotopic (exact) mass is 366 g/mol. The van der Waals surface area contributed by atoms with Gasteiger partial charge in [0, 0.05) is 17.2 Å². The summed E-state index contributed by atoms with van der Waals surface area (Å²) < 4.78 is 5.23. The Morgan fingerprint density at radius 1 is 1.30 bits per heavy atom. The summed E-state index contributed by atoms with van der Waals surface area (Å²) in [4.78, 5) is 27.3. The van der Waals surface area contributed by atoms with Crippen LogP contribution in [0.1, 0.15) is 40.8 Å². The summed E-state index contributed by atoms with van der Waals surface area (Å²) in [7, 11) is 0. The highest BCUT2D eigenvalue weighted by molar-refractivity contribution is 5.93. The molecule has 0 radical (unpaired) electrons. The van der Waals surface area contributed by atoms with Gasteiger partial charge in [-0.25, -0.2) is 9.78 Å². The van der Waals surface area contributed by atoms with Crippen molar-refractivity contribution in [2.24, 2.45) is 5.92 Å². The number of oxazole rings is 1. The Morgan fingerprint density at radius 2 is 2.07 bits per heavy atom. The molecule has 1 aliphatic rings. The first-order valence-electron chi connectivity index (χ1n) is 8.67. The molecule has 27 heavy (non-hydrogen) atoms. The van der Waals surface area contributed by atoms with E-state index in [9.17, 15) is 9.59 Å². The SMILES string of the molecule is CC(NC(=O)c1cc(-c2cccc(-c3ncc(C(=O)O)o3)c2)n[nH]1)C1CC1. The number of rotatable bonds is 6. The molecule has 1 aliphatic carbocycles. The van der Waals surface area contributed by atoms with Crippen LogP contribution in [0.4, 0.5) is 0 Å². The van der Waals surface area contributed by atoms with Gasteiger partial charge in [-0.2, -0.15) is 5.10 Å². The molecular formula is C19H18N4O4. The molecule has 3 N–H and O–H groups in total. The zero-order chi connectivity index (χ0) is 19.0. The highest BCUT2D eigenvalue weighted by atomic mass is 16.4. The highest BCUT2D eigenvalue weighted by Gasteiger charge is 2.29. The molecule has 2 aromatic heterocycles. The third kappa shape index (κ3) is 3.59. The summed E-state index contributed by atoms with van der Waals surface area (Å²) in [6.45, 7) is 2.01. The van der Waals surface area contributed by atoms with Gasteiger partial charge in [-0.1, -0.05) is 12.1 Å². The number of H-pyrrole nitrogens is 1. The Balaban J connectivity index is 1.54. The maximum atomic E-state index is 12.3. The van der Waals surface area contributed by atoms with Gasteiger partial charge in [-0.3, -0.25) is 9.89 Å². The first-order chi connectivity index (χ1) is 13.0. The number of carbonyl (C=O) groups excluding carboxylic acids is 1. The van der Waals surface area contributed by atoms with Gasteiger partial charge in [-0.15, -0.1) is 0 Å². The molecule has 4 rings (SSSR count). The van der Waals surface area contributed by atoms with E-state index in [2.05, 4.69) is 20.5 Å². The van der Waals surface area contributed by atoms with E-state index >= 15 is 0 Å². The number of carboxylic acid groups (broad SMARTS) is 1. The quantitative estimate of drug-likeness (QED) is 0.617. The van der Waals surface area contributed by atoms with E-state index in [1.54, 1.807) is 24.3 Å². The Bertz CT molecular complexity index is 1000. The molecule has 8 heteroatoms. The Kier molecular flexibility index (Phi) is 4.23. The van der Waals surface area contributed by atoms with Crippen molar-refractivity contribution in [3.8, 4) is 22.7 Å². The van der Waals surface area contributed by atoms with Crippen LogP contribution in [-0.4, -0.2) is 38.2 Å². The summed E-state index contributed by atoms with van der Waals surface area (Å²) in [5.41, 5.74) is 2.38. The fraction of sp³-hybridized carbons (Fsp3) is 0.263. The molecule has 0 spiro atoms. The Hall–Kier alpha value is -3.42. The highest BCUT2D eigenvalue weighted by Crippen LogP contribution is 2.32. The molecule has 0 bridgehead atoms. The van der Waals surface area contributed by atoms with Crippen LogP contribution >= 0.6 is 0 Å². The summed E-state index contributed by atoms with van der Waals surface area (Å²) in [5, 5.41) is 18.9. The molecule has 1 saturated carbocycles. The predicted octanol–water partition coefficient (Wildman–Crippen LogP) is 2.96. The van der Waals surface area contributed by atoms with Crippen molar-refractivity contribution in [2.45, 2.75) is 25.8 Å². The van der Waals surface area contributed by atoms with Crippen molar-refractivity contribution >= 4 is 11.9 Å². The minimum Gasteiger partial charge on any atom is -0.475 e. The molecular weight excluding hydrogens is 348 g/mol. The van der Waals surface area contributed by atoms with Crippen molar-refractivity contribution in [1.29, 1.82) is 0 Å². The van der Waals surface area contributed by atoms with Crippen LogP contribution in [0.25, 0.3) is 22.7 Å². The number of hydrogen-bond donors (Lipinski definition) is 3. The van der Waals surface area contributed by atoms with Gasteiger partial charge in [0.15, 0.2) is 0 Å². The second kappa shape index (κ2) is 6.71. The number of aromatic nitrogens is 3. The largest absolute Gasteiger partial charge is 0.475 e. The number of aromatic amines is 1. The van der Waals surface area contributed by atoms with Crippen LogP contribution in [0.3, 0.4) is 0 Å². The number of nitrogens with zero attached hydrogens (tertiary/aromatic N) is 2. The second-order valence-corrected chi connectivity index (χ2v) is 6.68. The van der Waals surface area contributed by atoms with E-state index in [-0.39, 0.29) is 23.6 Å². The average molecular weight is 366 g/mol. The van der Waals surface area contributed by atoms with Gasteiger partial charge in [0.2, 0.25) is 11.7 Å². The molecule has 1 unspecified atom stereocenters. The zero-order valence-electron chi connectivity index (χ0n) is 14.6. The summed E-state index contributed by atoms with van der Waals surface area (Å²) >= 11 is 0. The van der Waals surface area contributed by atoms with E-state index < -0.39 is 5.97 Å². The smallest absolute Gasteiger partial charge is 0.373 e. The van der Waals surface area contributed by atoms with Crippen molar-refractivity contribution in [1.82, 2.24) is 20.5 Å². The molecule has 0 aliphatic heterocycles. The first-order valence-corrected chi connectivity index (χ1v) is 8.67. The predicted molar refractivity (Wildman–Crippen MR) is 96.1 cm³/mol. The van der Waals surface area contributed by atoms with Crippen LogP contribution < -0.4 is 5.32 Å². The molecule has 1 amide bonds. The lowest BCUT2D eigenvalue weighted by molar-refractivity contribution is 0.0663. The van der Waals surface area contributed by atoms with Gasteiger partial charge >= 0.3 is 5.97 Å². The van der Waals surface area contributed by atoms with E-state index in [4.69, 9.17) is 9.52 Å². The summed E-state index contributed by atoms with van der Waals surface area (Å²) in [6.07, 6.45) is 3.49. The van der Waals surface area contributed by atoms with Crippen molar-refractivity contribution in [2.75, 3.05) is 0 Å². The fourth-order valence-electron chi connectivity index (χ4n) is 2.90. The van der Waals surface area contributed by atoms with Crippen LogP contribution in [0.2, 0.25) is 0 Å². The molecule has 2 heterocycles. The number of carboxylic acids is 1. The maximum Gasteiger partial charge on any atom is 0.373 e. The number of carbonyl (C=O) groups is 2. The van der Waals surface area contributed by atoms with Crippen LogP contribution in [0.15, 0.2) is 40.9 Å². The third-order valence-electron chi connectivity index (χ3n) is 4.63. The lowest BCUT2D eigenvalue weighted by atomic mass is 10.1. The van der Waals surface area contributed by atoms with Crippen LogP contribution in [-0.2, 0) is 0 Å². The third-order valence-corrected chi connectivity index (χ3v) is 4.63. The van der Waals surface area contributed by atoms with Crippen molar-refractivity contribution in [3.63, 3.8) is 0 Å². The summed E-state index contributed by atoms with van der Waals surface area (Å²) in [5.74, 6) is -0.791. The number of aromatic carboxylic acids is 1. The molecule has 0 saturated heterocycles. The Labute approximate surface area is 154 Å². The van der Waals surface area contributed by atoms with Crippen molar-refractivity contribution in [3.05, 3.63) is 48.0 Å². The lowest BCUT2D eigenvalue weighted by Gasteiger charge is -2.11. The number of amides is 1. The molecule has 1 aromatic carbocycles. The van der Waals surface area contributed by atoms with E-state index in [0.29, 0.717) is 22.9 Å². The van der Waals surface area contributed by atoms with Crippen molar-refractivity contribution < 1.29 is 19.1 Å².